The number of nitrogen functional groups attached to an aromatic ring is 1. The monoisotopic (exact) mass is 442 g/mol. The third-order valence-corrected chi connectivity index (χ3v) is 4.66. The predicted molar refractivity (Wildman–Crippen MR) is 110 cm³/mol. The SMILES string of the molecule is N#Cc1ccnc(Nc2cc(-c3cnc(N)cc3C(F)(F)F)nc(N3CCOCC3)n2)c1. The number of nitrogens with one attached hydrogen (secondary N) is 1. The Morgan fingerprint density at radius 2 is 1.88 bits per heavy atom. The molecule has 164 valence electrons. The summed E-state index contributed by atoms with van der Waals surface area (Å²) in [7, 11) is 0. The van der Waals surface area contributed by atoms with Crippen molar-refractivity contribution < 1.29 is 17.9 Å². The smallest absolute Gasteiger partial charge is 0.384 e. The summed E-state index contributed by atoms with van der Waals surface area (Å²) in [5.74, 6) is 0.506. The number of nitrogens with two attached hydrogens (primary N) is 1. The second kappa shape index (κ2) is 8.64. The van der Waals surface area contributed by atoms with Crippen LogP contribution < -0.4 is 16.0 Å². The van der Waals surface area contributed by atoms with Crippen LogP contribution in [0.5, 0.6) is 0 Å². The van der Waals surface area contributed by atoms with E-state index in [9.17, 15) is 13.2 Å². The number of aromatic nitrogens is 4. The summed E-state index contributed by atoms with van der Waals surface area (Å²) in [6, 6.07) is 7.18. The van der Waals surface area contributed by atoms with Crippen molar-refractivity contribution in [3.8, 4) is 17.3 Å². The highest BCUT2D eigenvalue weighted by atomic mass is 19.4. The first-order valence-electron chi connectivity index (χ1n) is 9.51. The number of pyridine rings is 2. The molecule has 0 amide bonds. The third-order valence-electron chi connectivity index (χ3n) is 4.66. The molecule has 0 radical (unpaired) electrons. The minimum absolute atomic E-state index is 0.0141. The van der Waals surface area contributed by atoms with Crippen molar-refractivity contribution in [2.45, 2.75) is 6.18 Å². The van der Waals surface area contributed by atoms with Gasteiger partial charge in [-0.25, -0.2) is 15.0 Å². The van der Waals surface area contributed by atoms with Gasteiger partial charge in [0.1, 0.15) is 17.5 Å². The maximum Gasteiger partial charge on any atom is 0.417 e. The molecule has 1 saturated heterocycles. The first kappa shape index (κ1) is 21.3. The molecule has 0 unspecified atom stereocenters. The lowest BCUT2D eigenvalue weighted by Crippen LogP contribution is -2.37. The van der Waals surface area contributed by atoms with E-state index in [-0.39, 0.29) is 28.8 Å². The minimum atomic E-state index is -4.66. The Morgan fingerprint density at radius 1 is 1.09 bits per heavy atom. The summed E-state index contributed by atoms with van der Waals surface area (Å²) in [6.07, 6.45) is -2.17. The Balaban J connectivity index is 1.82. The Morgan fingerprint density at radius 3 is 2.59 bits per heavy atom. The van der Waals surface area contributed by atoms with Crippen LogP contribution in [0, 0.1) is 11.3 Å². The summed E-state index contributed by atoms with van der Waals surface area (Å²) in [4.78, 5) is 18.6. The van der Waals surface area contributed by atoms with Crippen molar-refractivity contribution in [3.63, 3.8) is 0 Å². The molecule has 1 fully saturated rings. The second-order valence-corrected chi connectivity index (χ2v) is 6.86. The van der Waals surface area contributed by atoms with Gasteiger partial charge >= 0.3 is 6.18 Å². The number of morpholine rings is 1. The van der Waals surface area contributed by atoms with Gasteiger partial charge in [0, 0.05) is 37.1 Å². The highest BCUT2D eigenvalue weighted by molar-refractivity contribution is 5.70. The lowest BCUT2D eigenvalue weighted by atomic mass is 10.1. The number of rotatable bonds is 4. The van der Waals surface area contributed by atoms with Crippen LogP contribution in [0.2, 0.25) is 0 Å². The average Bonchev–Trinajstić information content (AvgIpc) is 2.79. The van der Waals surface area contributed by atoms with Gasteiger partial charge in [-0.15, -0.1) is 0 Å². The summed E-state index contributed by atoms with van der Waals surface area (Å²) >= 11 is 0. The maximum absolute atomic E-state index is 13.7. The fourth-order valence-corrected chi connectivity index (χ4v) is 3.15. The number of alkyl halides is 3. The standard InChI is InChI=1S/C20H17F3N8O/c21-20(22,23)14-8-16(25)27-11-13(14)15-9-18(29-17-7-12(10-24)1-2-26-17)30-19(28-15)31-3-5-32-6-4-31/h1-2,7-9,11H,3-6H2,(H2,25,27)(H,26,28,29,30). The van der Waals surface area contributed by atoms with Crippen molar-refractivity contribution in [3.05, 3.63) is 47.8 Å². The number of nitriles is 1. The molecule has 0 bridgehead atoms. The first-order chi connectivity index (χ1) is 15.3. The van der Waals surface area contributed by atoms with Crippen molar-refractivity contribution >= 4 is 23.4 Å². The summed E-state index contributed by atoms with van der Waals surface area (Å²) in [5, 5.41) is 12.0. The molecule has 0 spiro atoms. The molecule has 4 rings (SSSR count). The number of ether oxygens (including phenoxy) is 1. The first-order valence-corrected chi connectivity index (χ1v) is 9.51. The van der Waals surface area contributed by atoms with E-state index in [0.717, 1.165) is 12.3 Å². The largest absolute Gasteiger partial charge is 0.417 e. The normalized spacial score (nSPS) is 14.1. The molecule has 32 heavy (non-hydrogen) atoms. The average molecular weight is 442 g/mol. The molecule has 12 heteroatoms. The maximum atomic E-state index is 13.7. The van der Waals surface area contributed by atoms with Crippen molar-refractivity contribution in [1.29, 1.82) is 5.26 Å². The second-order valence-electron chi connectivity index (χ2n) is 6.86. The molecular weight excluding hydrogens is 425 g/mol. The Hall–Kier alpha value is -3.98. The van der Waals surface area contributed by atoms with Gasteiger partial charge in [0.05, 0.1) is 36.1 Å². The Labute approximate surface area is 180 Å². The predicted octanol–water partition coefficient (Wildman–Crippen LogP) is 2.99. The molecule has 0 atom stereocenters. The quantitative estimate of drug-likeness (QED) is 0.627. The van der Waals surface area contributed by atoms with Crippen LogP contribution in [0.1, 0.15) is 11.1 Å². The molecule has 3 aromatic heterocycles. The lowest BCUT2D eigenvalue weighted by Gasteiger charge is -2.27. The van der Waals surface area contributed by atoms with E-state index in [2.05, 4.69) is 25.3 Å². The number of nitrogens with zero attached hydrogens (tertiary/aromatic N) is 6. The van der Waals surface area contributed by atoms with Crippen molar-refractivity contribution in [2.24, 2.45) is 0 Å². The van der Waals surface area contributed by atoms with Crippen molar-refractivity contribution in [2.75, 3.05) is 42.3 Å². The summed E-state index contributed by atoms with van der Waals surface area (Å²) in [5.41, 5.74) is 4.69. The number of hydrogen-bond acceptors (Lipinski definition) is 9. The van der Waals surface area contributed by atoms with Gasteiger partial charge in [0.25, 0.3) is 0 Å². The third kappa shape index (κ3) is 4.68. The summed E-state index contributed by atoms with van der Waals surface area (Å²) in [6.45, 7) is 1.85. The fourth-order valence-electron chi connectivity index (χ4n) is 3.15. The van der Waals surface area contributed by atoms with Gasteiger partial charge in [-0.3, -0.25) is 0 Å². The van der Waals surface area contributed by atoms with Gasteiger partial charge in [0.2, 0.25) is 5.95 Å². The van der Waals surface area contributed by atoms with E-state index in [4.69, 9.17) is 15.7 Å². The van der Waals surface area contributed by atoms with Gasteiger partial charge in [-0.1, -0.05) is 0 Å². The van der Waals surface area contributed by atoms with Gasteiger partial charge in [-0.05, 0) is 18.2 Å². The number of hydrogen-bond donors (Lipinski definition) is 2. The lowest BCUT2D eigenvalue weighted by molar-refractivity contribution is -0.137. The van der Waals surface area contributed by atoms with Crippen LogP contribution in [-0.4, -0.2) is 46.2 Å². The van der Waals surface area contributed by atoms with E-state index in [1.807, 2.05) is 11.0 Å². The van der Waals surface area contributed by atoms with Gasteiger partial charge in [-0.2, -0.15) is 23.4 Å². The molecule has 3 N–H and O–H groups in total. The van der Waals surface area contributed by atoms with Crippen LogP contribution in [0.25, 0.3) is 11.3 Å². The fraction of sp³-hybridized carbons (Fsp3) is 0.250. The molecule has 0 saturated carbocycles. The van der Waals surface area contributed by atoms with Gasteiger partial charge in [0.15, 0.2) is 0 Å². The highest BCUT2D eigenvalue weighted by Crippen LogP contribution is 2.38. The number of anilines is 4. The number of halogens is 3. The van der Waals surface area contributed by atoms with E-state index in [1.54, 1.807) is 0 Å². The molecule has 1 aliphatic rings. The Bertz CT molecular complexity index is 1170. The molecule has 1 aliphatic heterocycles. The molecule has 0 aliphatic carbocycles. The molecule has 0 aromatic carbocycles. The molecule has 4 heterocycles. The van der Waals surface area contributed by atoms with E-state index in [0.29, 0.717) is 37.7 Å². The zero-order chi connectivity index (χ0) is 22.7. The Kier molecular flexibility index (Phi) is 5.74. The minimum Gasteiger partial charge on any atom is -0.384 e. The van der Waals surface area contributed by atoms with Crippen LogP contribution in [0.3, 0.4) is 0 Å². The zero-order valence-corrected chi connectivity index (χ0v) is 16.6. The van der Waals surface area contributed by atoms with E-state index < -0.39 is 11.7 Å². The molecule has 3 aromatic rings. The highest BCUT2D eigenvalue weighted by Gasteiger charge is 2.35. The topological polar surface area (TPSA) is 126 Å². The van der Waals surface area contributed by atoms with E-state index >= 15 is 0 Å². The van der Waals surface area contributed by atoms with Crippen molar-refractivity contribution in [1.82, 2.24) is 19.9 Å². The molecular formula is C20H17F3N8O. The summed E-state index contributed by atoms with van der Waals surface area (Å²) < 4.78 is 46.4. The van der Waals surface area contributed by atoms with Crippen LogP contribution in [0.4, 0.5) is 36.6 Å². The van der Waals surface area contributed by atoms with Crippen LogP contribution in [0.15, 0.2) is 36.7 Å². The van der Waals surface area contributed by atoms with Crippen LogP contribution in [-0.2, 0) is 10.9 Å². The van der Waals surface area contributed by atoms with Gasteiger partial charge < -0.3 is 20.7 Å². The zero-order valence-electron chi connectivity index (χ0n) is 16.6. The van der Waals surface area contributed by atoms with Crippen LogP contribution >= 0.6 is 0 Å². The molecule has 9 nitrogen and oxygen atoms in total. The van der Waals surface area contributed by atoms with E-state index in [1.165, 1.54) is 24.4 Å².